The summed E-state index contributed by atoms with van der Waals surface area (Å²) in [5.41, 5.74) is 1.25. The first-order valence-electron chi connectivity index (χ1n) is 3.67. The second-order valence-corrected chi connectivity index (χ2v) is 2.56. The molecule has 3 heteroatoms. The highest BCUT2D eigenvalue weighted by Gasteiger charge is 1.99. The molecular formula is C9H13NO2. The van der Waals surface area contributed by atoms with Gasteiger partial charge in [0.2, 0.25) is 5.70 Å². The van der Waals surface area contributed by atoms with Crippen LogP contribution < -0.4 is 0 Å². The maximum Gasteiger partial charge on any atom is 0.239 e. The first-order valence-corrected chi connectivity index (χ1v) is 3.67. The van der Waals surface area contributed by atoms with Gasteiger partial charge in [-0.2, -0.15) is 0 Å². The SMILES string of the molecule is C=C/C=C(/C)CC=C(C)[N+](=O)[O-]. The molecule has 0 atom stereocenters. The molecule has 0 aliphatic carbocycles. The lowest BCUT2D eigenvalue weighted by Crippen LogP contribution is -1.93. The van der Waals surface area contributed by atoms with Crippen molar-refractivity contribution in [3.63, 3.8) is 0 Å². The number of nitro groups is 1. The number of nitrogens with zero attached hydrogens (tertiary/aromatic N) is 1. The molecule has 0 aliphatic heterocycles. The van der Waals surface area contributed by atoms with Gasteiger partial charge in [-0.3, -0.25) is 10.1 Å². The van der Waals surface area contributed by atoms with Gasteiger partial charge in [-0.25, -0.2) is 0 Å². The van der Waals surface area contributed by atoms with E-state index in [1.54, 1.807) is 12.2 Å². The molecule has 0 saturated carbocycles. The van der Waals surface area contributed by atoms with Crippen molar-refractivity contribution >= 4 is 0 Å². The second-order valence-electron chi connectivity index (χ2n) is 2.56. The molecule has 0 aromatic heterocycles. The molecule has 0 aliphatic rings. The van der Waals surface area contributed by atoms with E-state index in [0.29, 0.717) is 6.42 Å². The van der Waals surface area contributed by atoms with Gasteiger partial charge in [0, 0.05) is 6.92 Å². The predicted octanol–water partition coefficient (Wildman–Crippen LogP) is 2.69. The Labute approximate surface area is 72.2 Å². The van der Waals surface area contributed by atoms with Gasteiger partial charge in [0.25, 0.3) is 0 Å². The van der Waals surface area contributed by atoms with Crippen molar-refractivity contribution in [3.05, 3.63) is 46.2 Å². The van der Waals surface area contributed by atoms with Gasteiger partial charge in [-0.15, -0.1) is 0 Å². The first-order chi connectivity index (χ1) is 5.57. The van der Waals surface area contributed by atoms with Gasteiger partial charge in [0.15, 0.2) is 0 Å². The molecule has 0 amide bonds. The van der Waals surface area contributed by atoms with Gasteiger partial charge in [0.05, 0.1) is 4.92 Å². The number of hydrogen-bond donors (Lipinski definition) is 0. The van der Waals surface area contributed by atoms with Crippen LogP contribution in [0.3, 0.4) is 0 Å². The normalized spacial score (nSPS) is 12.8. The Morgan fingerprint density at radius 3 is 2.58 bits per heavy atom. The summed E-state index contributed by atoms with van der Waals surface area (Å²) in [6.45, 7) is 6.93. The Balaban J connectivity index is 4.13. The molecule has 0 spiro atoms. The summed E-state index contributed by atoms with van der Waals surface area (Å²) in [7, 11) is 0. The molecule has 0 N–H and O–H groups in total. The van der Waals surface area contributed by atoms with Crippen LogP contribution >= 0.6 is 0 Å². The zero-order valence-corrected chi connectivity index (χ0v) is 7.41. The molecule has 0 aromatic carbocycles. The van der Waals surface area contributed by atoms with Crippen molar-refractivity contribution < 1.29 is 4.92 Å². The summed E-state index contributed by atoms with van der Waals surface area (Å²) >= 11 is 0. The fourth-order valence-electron chi connectivity index (χ4n) is 0.652. The average molecular weight is 167 g/mol. The third-order valence-electron chi connectivity index (χ3n) is 1.41. The van der Waals surface area contributed by atoms with Crippen molar-refractivity contribution in [3.8, 4) is 0 Å². The van der Waals surface area contributed by atoms with Crippen LogP contribution in [0.4, 0.5) is 0 Å². The van der Waals surface area contributed by atoms with Gasteiger partial charge in [0.1, 0.15) is 0 Å². The highest BCUT2D eigenvalue weighted by atomic mass is 16.6. The van der Waals surface area contributed by atoms with Crippen LogP contribution in [0.1, 0.15) is 20.3 Å². The lowest BCUT2D eigenvalue weighted by molar-refractivity contribution is -0.424. The van der Waals surface area contributed by atoms with E-state index < -0.39 is 0 Å². The van der Waals surface area contributed by atoms with Crippen LogP contribution in [-0.2, 0) is 0 Å². The summed E-state index contributed by atoms with van der Waals surface area (Å²) in [6.07, 6.45) is 5.71. The minimum atomic E-state index is -0.388. The summed E-state index contributed by atoms with van der Waals surface area (Å²) < 4.78 is 0. The zero-order valence-electron chi connectivity index (χ0n) is 7.41. The zero-order chi connectivity index (χ0) is 9.56. The van der Waals surface area contributed by atoms with E-state index in [4.69, 9.17) is 0 Å². The fourth-order valence-corrected chi connectivity index (χ4v) is 0.652. The van der Waals surface area contributed by atoms with Gasteiger partial charge in [-0.1, -0.05) is 24.3 Å². The van der Waals surface area contributed by atoms with Gasteiger partial charge in [-0.05, 0) is 19.4 Å². The van der Waals surface area contributed by atoms with Crippen molar-refractivity contribution in [1.82, 2.24) is 0 Å². The van der Waals surface area contributed by atoms with Crippen LogP contribution in [-0.4, -0.2) is 4.92 Å². The predicted molar refractivity (Wildman–Crippen MR) is 49.3 cm³/mol. The molecule has 0 aromatic rings. The van der Waals surface area contributed by atoms with Crippen molar-refractivity contribution in [2.45, 2.75) is 20.3 Å². The maximum absolute atomic E-state index is 10.2. The van der Waals surface area contributed by atoms with Crippen LogP contribution in [0.25, 0.3) is 0 Å². The molecule has 66 valence electrons. The van der Waals surface area contributed by atoms with Crippen molar-refractivity contribution in [2.24, 2.45) is 0 Å². The molecule has 0 unspecified atom stereocenters. The van der Waals surface area contributed by atoms with E-state index >= 15 is 0 Å². The molecule has 0 saturated heterocycles. The van der Waals surface area contributed by atoms with Crippen LogP contribution in [0.15, 0.2) is 36.1 Å². The lowest BCUT2D eigenvalue weighted by Gasteiger charge is -1.92. The molecule has 0 fully saturated rings. The number of rotatable bonds is 4. The average Bonchev–Trinajstić information content (AvgIpc) is 2.00. The Hall–Kier alpha value is -1.38. The molecular weight excluding hydrogens is 154 g/mol. The quantitative estimate of drug-likeness (QED) is 0.367. The number of hydrogen-bond acceptors (Lipinski definition) is 2. The van der Waals surface area contributed by atoms with Gasteiger partial charge < -0.3 is 0 Å². The molecule has 0 radical (unpaired) electrons. The standard InChI is InChI=1S/C9H13NO2/c1-4-5-8(2)6-7-9(3)10(11)12/h4-5,7H,1,6H2,2-3H3/b8-5-,9-7?. The third kappa shape index (κ3) is 4.44. The van der Waals surface area contributed by atoms with Crippen LogP contribution in [0, 0.1) is 10.1 Å². The van der Waals surface area contributed by atoms with E-state index in [9.17, 15) is 10.1 Å². The van der Waals surface area contributed by atoms with Crippen molar-refractivity contribution in [1.29, 1.82) is 0 Å². The third-order valence-corrected chi connectivity index (χ3v) is 1.41. The Morgan fingerprint density at radius 1 is 1.58 bits per heavy atom. The minimum absolute atomic E-state index is 0.187. The highest BCUT2D eigenvalue weighted by molar-refractivity contribution is 5.11. The molecule has 3 nitrogen and oxygen atoms in total. The summed E-state index contributed by atoms with van der Waals surface area (Å²) in [4.78, 5) is 9.78. The lowest BCUT2D eigenvalue weighted by atomic mass is 10.2. The molecule has 12 heavy (non-hydrogen) atoms. The fraction of sp³-hybridized carbons (Fsp3) is 0.333. The summed E-state index contributed by atoms with van der Waals surface area (Å²) in [5.74, 6) is 0. The largest absolute Gasteiger partial charge is 0.259 e. The van der Waals surface area contributed by atoms with Crippen LogP contribution in [0.5, 0.6) is 0 Å². The topological polar surface area (TPSA) is 43.1 Å². The maximum atomic E-state index is 10.2. The Kier molecular flexibility index (Phi) is 4.69. The summed E-state index contributed by atoms with van der Waals surface area (Å²) in [5, 5.41) is 10.2. The monoisotopic (exact) mass is 167 g/mol. The van der Waals surface area contributed by atoms with E-state index in [-0.39, 0.29) is 10.6 Å². The molecule has 0 bridgehead atoms. The van der Waals surface area contributed by atoms with Crippen molar-refractivity contribution in [2.75, 3.05) is 0 Å². The van der Waals surface area contributed by atoms with Crippen LogP contribution in [0.2, 0.25) is 0 Å². The first kappa shape index (κ1) is 10.6. The molecule has 0 rings (SSSR count). The Bertz CT molecular complexity index is 239. The van der Waals surface area contributed by atoms with Gasteiger partial charge >= 0.3 is 0 Å². The Morgan fingerprint density at radius 2 is 2.17 bits per heavy atom. The van der Waals surface area contributed by atoms with E-state index in [1.165, 1.54) is 6.92 Å². The summed E-state index contributed by atoms with van der Waals surface area (Å²) in [6, 6.07) is 0. The minimum Gasteiger partial charge on any atom is -0.259 e. The van der Waals surface area contributed by atoms with E-state index in [1.807, 2.05) is 13.0 Å². The molecule has 0 heterocycles. The van der Waals surface area contributed by atoms with E-state index in [0.717, 1.165) is 5.57 Å². The highest BCUT2D eigenvalue weighted by Crippen LogP contribution is 2.04. The number of allylic oxidation sites excluding steroid dienone is 5. The second kappa shape index (κ2) is 5.29. The van der Waals surface area contributed by atoms with E-state index in [2.05, 4.69) is 6.58 Å². The smallest absolute Gasteiger partial charge is 0.239 e.